The number of carbonyl (C=O) groups excluding carboxylic acids is 12. The van der Waals surface area contributed by atoms with Gasteiger partial charge in [0.05, 0.1) is 23.1 Å². The number of aromatic nitrogens is 2. The van der Waals surface area contributed by atoms with Crippen LogP contribution in [0.15, 0.2) is 259 Å². The van der Waals surface area contributed by atoms with Crippen LogP contribution in [0.25, 0.3) is 67.1 Å². The highest BCUT2D eigenvalue weighted by molar-refractivity contribution is 6.35. The van der Waals surface area contributed by atoms with Gasteiger partial charge in [0.15, 0.2) is 0 Å². The molecule has 4 aliphatic heterocycles. The van der Waals surface area contributed by atoms with E-state index in [-0.39, 0.29) is 45.6 Å². The molecule has 0 unspecified atom stereocenters. The lowest BCUT2D eigenvalue weighted by Crippen LogP contribution is -2.53. The fourth-order valence-corrected chi connectivity index (χ4v) is 16.1. The molecule has 0 spiro atoms. The van der Waals surface area contributed by atoms with Gasteiger partial charge in [-0.2, -0.15) is 13.2 Å². The van der Waals surface area contributed by atoms with Crippen LogP contribution in [0.1, 0.15) is 111 Å². The molecule has 129 heavy (non-hydrogen) atoms. The van der Waals surface area contributed by atoms with Crippen molar-refractivity contribution < 1.29 is 84.6 Å². The fourth-order valence-electron chi connectivity index (χ4n) is 16.1. The minimum atomic E-state index is -4.54. The first-order valence-corrected chi connectivity index (χ1v) is 41.7. The number of carbonyl (C=O) groups is 12. The second-order valence-corrected chi connectivity index (χ2v) is 31.9. The van der Waals surface area contributed by atoms with Crippen LogP contribution in [0.2, 0.25) is 0 Å². The highest BCUT2D eigenvalue weighted by Crippen LogP contribution is 2.43. The van der Waals surface area contributed by atoms with Crippen molar-refractivity contribution in [1.29, 1.82) is 0 Å². The number of alkyl halides is 3. The Morgan fingerprint density at radius 2 is 0.760 bits per heavy atom. The standard InChI is InChI=1S/C26H21FN2O4.C26H22N2O3.C25H24F3N3O4.C24H25N3O3/c1-16(23-24(30)28(2)26(32)29(3)25(23)31)18-12-19(17-8-7-9-20(27)13-17)15-22(14-18)33-21-10-5-4-6-11-21;1-17-9-7-13-20(15-17)22(23-24(29)27(2)26(31)28(3)25(23)30)21-14-8-12-19(16-21)18-10-5-4-6-11-18;1-14(21-22(32)30(2)24(34)31(3)23(21)33)15-10-16(12-19(11-15)35-18-6-4-5-7-18)20-13-17(8-9-29-20)25(26,27)28;1-26-22(28)21(23(29)27(2)24(26)30)20(16-9-4-3-5-10-16)18-12-8-11-17(15-18)19-13-6-7-14-25-19/h4-15H,1-3H3;4-16H,1-3H3;8-13,18H,4-7H2,1-3H3;6-8,11-16H,3-5,9-10H2,1-2H3. The third-order valence-electron chi connectivity index (χ3n) is 23.2. The molecular weight excluding hydrogens is 1650 g/mol. The van der Waals surface area contributed by atoms with Crippen molar-refractivity contribution in [2.75, 3.05) is 56.4 Å². The molecule has 6 fully saturated rings. The molecule has 28 heteroatoms. The third-order valence-corrected chi connectivity index (χ3v) is 23.2. The van der Waals surface area contributed by atoms with Gasteiger partial charge < -0.3 is 9.47 Å². The van der Waals surface area contributed by atoms with Crippen molar-refractivity contribution >= 4 is 93.7 Å². The number of pyridine rings is 2. The van der Waals surface area contributed by atoms with Gasteiger partial charge >= 0.3 is 30.3 Å². The first kappa shape index (κ1) is 91.5. The molecule has 0 N–H and O–H groups in total. The summed E-state index contributed by atoms with van der Waals surface area (Å²) in [5, 5.41) is 0. The molecule has 2 saturated carbocycles. The molecule has 6 aliphatic rings. The van der Waals surface area contributed by atoms with Gasteiger partial charge in [-0.05, 0) is 229 Å². The van der Waals surface area contributed by atoms with E-state index in [0.717, 1.165) is 166 Å². The summed E-state index contributed by atoms with van der Waals surface area (Å²) in [4.78, 5) is 168. The molecule has 8 aromatic carbocycles. The molecule has 24 nitrogen and oxygen atoms in total. The zero-order chi connectivity index (χ0) is 92.6. The second-order valence-electron chi connectivity index (χ2n) is 31.9. The van der Waals surface area contributed by atoms with Crippen LogP contribution in [0, 0.1) is 18.7 Å². The van der Waals surface area contributed by atoms with E-state index in [9.17, 15) is 75.1 Å². The zero-order valence-electron chi connectivity index (χ0n) is 72.7. The number of nitrogens with zero attached hydrogens (tertiary/aromatic N) is 10. The maximum atomic E-state index is 13.9. The molecule has 2 aromatic heterocycles. The lowest BCUT2D eigenvalue weighted by atomic mass is 9.77. The summed E-state index contributed by atoms with van der Waals surface area (Å²) in [6.07, 6.45) is 7.14. The Morgan fingerprint density at radius 3 is 1.28 bits per heavy atom. The van der Waals surface area contributed by atoms with Gasteiger partial charge in [-0.1, -0.05) is 152 Å². The summed E-state index contributed by atoms with van der Waals surface area (Å²) in [6.45, 7) is 5.15. The molecule has 658 valence electrons. The van der Waals surface area contributed by atoms with Crippen molar-refractivity contribution in [3.63, 3.8) is 0 Å². The summed E-state index contributed by atoms with van der Waals surface area (Å²) in [6, 6.07) is 63.3. The van der Waals surface area contributed by atoms with E-state index in [0.29, 0.717) is 56.2 Å². The summed E-state index contributed by atoms with van der Waals surface area (Å²) in [5.41, 5.74) is 10.6. The number of likely N-dealkylation sites (N-methyl/N-ethyl adjacent to an activating group) is 8. The molecule has 10 aromatic rings. The van der Waals surface area contributed by atoms with E-state index in [1.54, 1.807) is 80.7 Å². The molecule has 16 amide bonds. The van der Waals surface area contributed by atoms with Crippen LogP contribution in [0.5, 0.6) is 17.2 Å². The minimum absolute atomic E-state index is 0.0135. The van der Waals surface area contributed by atoms with Crippen molar-refractivity contribution in [1.82, 2.24) is 49.2 Å². The van der Waals surface area contributed by atoms with Crippen LogP contribution in [-0.2, 0) is 44.5 Å². The Balaban J connectivity index is 0.000000147. The van der Waals surface area contributed by atoms with E-state index in [2.05, 4.69) is 9.97 Å². The van der Waals surface area contributed by atoms with Gasteiger partial charge in [0.25, 0.3) is 47.3 Å². The molecule has 2 aliphatic carbocycles. The number of benzene rings is 8. The van der Waals surface area contributed by atoms with Crippen LogP contribution >= 0.6 is 0 Å². The second kappa shape index (κ2) is 39.1. The number of hydrogen-bond donors (Lipinski definition) is 0. The maximum Gasteiger partial charge on any atom is 0.416 e. The minimum Gasteiger partial charge on any atom is -0.490 e. The smallest absolute Gasteiger partial charge is 0.416 e. The van der Waals surface area contributed by atoms with Gasteiger partial charge in [0.1, 0.15) is 45.4 Å². The number of imide groups is 8. The monoisotopic (exact) mass is 1740 g/mol. The van der Waals surface area contributed by atoms with Crippen LogP contribution in [0.4, 0.5) is 36.7 Å². The fraction of sp³-hybridized carbons (Fsp3) is 0.228. The van der Waals surface area contributed by atoms with Gasteiger partial charge in [-0.25, -0.2) is 23.6 Å². The van der Waals surface area contributed by atoms with Crippen molar-refractivity contribution in [2.24, 2.45) is 5.92 Å². The van der Waals surface area contributed by atoms with Gasteiger partial charge in [-0.15, -0.1) is 0 Å². The molecule has 0 bridgehead atoms. The number of amides is 16. The lowest BCUT2D eigenvalue weighted by molar-refractivity contribution is -0.138. The summed E-state index contributed by atoms with van der Waals surface area (Å²) < 4.78 is 65.9. The van der Waals surface area contributed by atoms with Gasteiger partial charge in [-0.3, -0.25) is 87.5 Å². The normalized spacial score (nSPS) is 16.0. The quantitative estimate of drug-likeness (QED) is 0.0556. The number of para-hydroxylation sites is 1. The average molecular weight is 1750 g/mol. The Kier molecular flexibility index (Phi) is 27.7. The third kappa shape index (κ3) is 19.9. The topological polar surface area (TPSA) is 275 Å². The van der Waals surface area contributed by atoms with E-state index >= 15 is 0 Å². The van der Waals surface area contributed by atoms with E-state index in [4.69, 9.17) is 9.47 Å². The SMILES string of the molecule is CC(=C1C(=O)N(C)C(=O)N(C)C1=O)c1cc(OC2CCCC2)cc(-c2cc(C(F)(F)F)ccn2)c1.CC(=C1C(=O)N(C)C(=O)N(C)C1=O)c1cc(Oc2ccccc2)cc(-c2cccc(F)c2)c1.CN1C(=O)C(=C(c2cccc(-c3ccccn3)c2)C2CCCCC2)C(=O)N(C)C1=O.Cc1cccc(C(=C2C(=O)N(C)C(=O)N(C)C2=O)c2cccc(-c3ccccc3)c2)c1. The van der Waals surface area contributed by atoms with Crippen molar-refractivity contribution in [3.8, 4) is 62.0 Å². The Morgan fingerprint density at radius 1 is 0.341 bits per heavy atom. The zero-order valence-corrected chi connectivity index (χ0v) is 72.7. The average Bonchev–Trinajstić information content (AvgIpc) is 0.777. The summed E-state index contributed by atoms with van der Waals surface area (Å²) in [7, 11) is 10.8. The molecule has 0 atom stereocenters. The highest BCUT2D eigenvalue weighted by Gasteiger charge is 2.45. The molecule has 0 radical (unpaired) electrons. The van der Waals surface area contributed by atoms with Gasteiger partial charge in [0, 0.05) is 85.5 Å². The Labute approximate surface area is 742 Å². The number of allylic oxidation sites excluding steroid dienone is 3. The molecule has 6 heterocycles. The number of urea groups is 4. The summed E-state index contributed by atoms with van der Waals surface area (Å²) >= 11 is 0. The first-order chi connectivity index (χ1) is 61.6. The van der Waals surface area contributed by atoms with E-state index < -0.39 is 88.9 Å². The molecule has 4 saturated heterocycles. The van der Waals surface area contributed by atoms with Crippen molar-refractivity contribution in [2.45, 2.75) is 90.8 Å². The maximum absolute atomic E-state index is 13.9. The Bertz CT molecular complexity index is 6190. The predicted molar refractivity (Wildman–Crippen MR) is 477 cm³/mol. The largest absolute Gasteiger partial charge is 0.490 e. The van der Waals surface area contributed by atoms with Crippen molar-refractivity contribution in [3.05, 3.63) is 304 Å². The van der Waals surface area contributed by atoms with Crippen LogP contribution < -0.4 is 9.47 Å². The number of barbiturate groups is 4. The van der Waals surface area contributed by atoms with Crippen LogP contribution in [0.3, 0.4) is 0 Å². The number of aryl methyl sites for hydroxylation is 1. The predicted octanol–water partition coefficient (Wildman–Crippen LogP) is 18.7. The van der Waals surface area contributed by atoms with E-state index in [1.807, 2.05) is 146 Å². The highest BCUT2D eigenvalue weighted by atomic mass is 19.4. The van der Waals surface area contributed by atoms with Gasteiger partial charge in [0.2, 0.25) is 0 Å². The molecule has 16 rings (SSSR count). The lowest BCUT2D eigenvalue weighted by Gasteiger charge is -2.33. The number of hydrogen-bond acceptors (Lipinski definition) is 16. The number of ether oxygens (including phenoxy) is 2. The number of halogens is 4. The number of rotatable bonds is 14. The molecular formula is C101H92F4N10O14. The first-order valence-electron chi connectivity index (χ1n) is 41.7. The van der Waals surface area contributed by atoms with Crippen LogP contribution in [-0.4, -0.2) is 183 Å². The Hall–Kier alpha value is -15.2. The summed E-state index contributed by atoms with van der Waals surface area (Å²) in [5.74, 6) is -3.95. The van der Waals surface area contributed by atoms with E-state index in [1.165, 1.54) is 68.5 Å².